The molecule has 2 nitrogen and oxygen atoms in total. The second kappa shape index (κ2) is 7.27. The van der Waals surface area contributed by atoms with Gasteiger partial charge < -0.3 is 3.87 Å². The Kier molecular flexibility index (Phi) is 5.12. The Labute approximate surface area is 144 Å². The Balaban J connectivity index is 2.32. The van der Waals surface area contributed by atoms with Crippen molar-refractivity contribution < 1.29 is 8.08 Å². The van der Waals surface area contributed by atoms with E-state index in [0.29, 0.717) is 0 Å². The summed E-state index contributed by atoms with van der Waals surface area (Å²) in [5, 5.41) is 3.07. The number of rotatable bonds is 5. The Morgan fingerprint density at radius 1 is 0.652 bits per heavy atom. The second-order valence-corrected chi connectivity index (χ2v) is 10.1. The molecule has 1 radical (unpaired) electrons. The molecule has 0 saturated heterocycles. The molecular weight excluding hydrogens is 340 g/mol. The fourth-order valence-electron chi connectivity index (χ4n) is 2.76. The minimum absolute atomic E-state index is 1.02. The highest BCUT2D eigenvalue weighted by Gasteiger charge is 2.43. The third kappa shape index (κ3) is 3.33. The number of hydrogen-bond acceptors (Lipinski definition) is 2. The van der Waals surface area contributed by atoms with E-state index in [1.807, 2.05) is 91.0 Å². The topological polar surface area (TPSA) is 26.3 Å². The third-order valence-electron chi connectivity index (χ3n) is 3.73. The van der Waals surface area contributed by atoms with Gasteiger partial charge in [0.2, 0.25) is 10.1 Å². The van der Waals surface area contributed by atoms with Crippen molar-refractivity contribution in [2.24, 2.45) is 0 Å². The van der Waals surface area contributed by atoms with Crippen LogP contribution in [0.2, 0.25) is 0 Å². The van der Waals surface area contributed by atoms with Crippen molar-refractivity contribution in [1.29, 1.82) is 0 Å². The summed E-state index contributed by atoms with van der Waals surface area (Å²) in [4.78, 5) is 0. The lowest BCUT2D eigenvalue weighted by Gasteiger charge is -2.30. The van der Waals surface area contributed by atoms with Crippen molar-refractivity contribution in [1.82, 2.24) is 0 Å². The van der Waals surface area contributed by atoms with Crippen molar-refractivity contribution in [3.8, 4) is 0 Å². The van der Waals surface area contributed by atoms with E-state index >= 15 is 0 Å². The summed E-state index contributed by atoms with van der Waals surface area (Å²) < 4.78 is 17.9. The average Bonchev–Trinajstić information content (AvgIpc) is 2.62. The van der Waals surface area contributed by atoms with E-state index in [2.05, 4.69) is 0 Å². The molecule has 0 saturated carbocycles. The van der Waals surface area contributed by atoms with Crippen LogP contribution >= 0.6 is 11.7 Å². The van der Waals surface area contributed by atoms with E-state index in [1.165, 1.54) is 0 Å². The standard InChI is InChI=1S/C18H15O2S2Si/c19-22(21)20-23(16-10-4-1-5-11-16,17-12-6-2-7-13-17)18-14-8-3-9-15-18/h1-15H. The van der Waals surface area contributed by atoms with Gasteiger partial charge in [-0.15, -0.1) is 0 Å². The predicted octanol–water partition coefficient (Wildman–Crippen LogP) is 2.45. The van der Waals surface area contributed by atoms with E-state index in [9.17, 15) is 4.21 Å². The Bertz CT molecular complexity index is 683. The molecule has 0 bridgehead atoms. The van der Waals surface area contributed by atoms with Crippen molar-refractivity contribution in [3.05, 3.63) is 91.0 Å². The molecule has 0 aliphatic heterocycles. The molecule has 0 aliphatic carbocycles. The van der Waals surface area contributed by atoms with Gasteiger partial charge in [-0.2, -0.15) is 0 Å². The molecule has 0 N–H and O–H groups in total. The van der Waals surface area contributed by atoms with Gasteiger partial charge in [0.25, 0.3) is 0 Å². The zero-order valence-electron chi connectivity index (χ0n) is 12.3. The molecule has 23 heavy (non-hydrogen) atoms. The highest BCUT2D eigenvalue weighted by atomic mass is 33.1. The van der Waals surface area contributed by atoms with Gasteiger partial charge in [0.05, 0.1) is 11.7 Å². The molecule has 5 heteroatoms. The molecule has 1 atom stereocenters. The molecule has 0 amide bonds. The van der Waals surface area contributed by atoms with E-state index in [1.54, 1.807) is 0 Å². The minimum Gasteiger partial charge on any atom is -0.309 e. The van der Waals surface area contributed by atoms with Gasteiger partial charge in [-0.1, -0.05) is 91.0 Å². The van der Waals surface area contributed by atoms with Crippen molar-refractivity contribution in [2.75, 3.05) is 0 Å². The molecule has 0 heterocycles. The highest BCUT2D eigenvalue weighted by Crippen LogP contribution is 2.12. The summed E-state index contributed by atoms with van der Waals surface area (Å²) in [6.07, 6.45) is 0. The summed E-state index contributed by atoms with van der Waals surface area (Å²) in [5.41, 5.74) is 0. The smallest absolute Gasteiger partial charge is 0.307 e. The second-order valence-electron chi connectivity index (χ2n) is 5.07. The van der Waals surface area contributed by atoms with E-state index < -0.39 is 18.4 Å². The van der Waals surface area contributed by atoms with Crippen LogP contribution in [0.3, 0.4) is 0 Å². The molecular formula is C18H15O2S2Si. The average molecular weight is 356 g/mol. The fraction of sp³-hybridized carbons (Fsp3) is 0. The maximum Gasteiger partial charge on any atom is 0.307 e. The fourth-order valence-corrected chi connectivity index (χ4v) is 8.64. The largest absolute Gasteiger partial charge is 0.309 e. The summed E-state index contributed by atoms with van der Waals surface area (Å²) >= 11 is 4.91. The zero-order chi connectivity index (χ0) is 16.1. The number of hydrogen-bond donors (Lipinski definition) is 0. The lowest BCUT2D eigenvalue weighted by molar-refractivity contribution is 0.591. The van der Waals surface area contributed by atoms with E-state index in [4.69, 9.17) is 15.5 Å². The lowest BCUT2D eigenvalue weighted by Crippen LogP contribution is -2.69. The third-order valence-corrected chi connectivity index (χ3v) is 9.33. The van der Waals surface area contributed by atoms with Gasteiger partial charge in [0.15, 0.2) is 0 Å². The van der Waals surface area contributed by atoms with Gasteiger partial charge in [-0.05, 0) is 15.6 Å². The van der Waals surface area contributed by atoms with Crippen molar-refractivity contribution >= 4 is 45.7 Å². The first-order valence-electron chi connectivity index (χ1n) is 7.19. The van der Waals surface area contributed by atoms with Crippen LogP contribution in [-0.4, -0.2) is 12.5 Å². The van der Waals surface area contributed by atoms with Gasteiger partial charge in [-0.25, -0.2) is 4.21 Å². The van der Waals surface area contributed by atoms with Crippen LogP contribution < -0.4 is 15.6 Å². The molecule has 1 unspecified atom stereocenters. The Morgan fingerprint density at radius 3 is 1.22 bits per heavy atom. The summed E-state index contributed by atoms with van der Waals surface area (Å²) in [5.74, 6) is 0. The molecule has 0 aliphatic rings. The molecule has 3 aromatic carbocycles. The van der Waals surface area contributed by atoms with Crippen molar-refractivity contribution in [3.63, 3.8) is 0 Å². The first kappa shape index (κ1) is 16.2. The normalized spacial score (nSPS) is 12.7. The highest BCUT2D eigenvalue weighted by molar-refractivity contribution is 8.58. The Hall–Kier alpha value is -1.66. The SMILES string of the molecule is O=S([S])O[Si](c1ccccc1)(c1ccccc1)c1ccccc1. The van der Waals surface area contributed by atoms with E-state index in [0.717, 1.165) is 15.6 Å². The molecule has 0 spiro atoms. The monoisotopic (exact) mass is 355 g/mol. The van der Waals surface area contributed by atoms with Crippen LogP contribution in [-0.2, 0) is 14.0 Å². The first-order valence-corrected chi connectivity index (χ1v) is 11.1. The van der Waals surface area contributed by atoms with Crippen LogP contribution in [0.1, 0.15) is 0 Å². The molecule has 0 aromatic heterocycles. The van der Waals surface area contributed by atoms with Crippen LogP contribution in [0, 0.1) is 0 Å². The quantitative estimate of drug-likeness (QED) is 0.399. The number of benzene rings is 3. The lowest BCUT2D eigenvalue weighted by atomic mass is 10.3. The molecule has 3 rings (SSSR count). The van der Waals surface area contributed by atoms with Crippen LogP contribution in [0.25, 0.3) is 0 Å². The Morgan fingerprint density at radius 2 is 0.957 bits per heavy atom. The van der Waals surface area contributed by atoms with Crippen LogP contribution in [0.4, 0.5) is 0 Å². The van der Waals surface area contributed by atoms with Crippen LogP contribution in [0.5, 0.6) is 0 Å². The minimum atomic E-state index is -2.89. The van der Waals surface area contributed by atoms with E-state index in [-0.39, 0.29) is 0 Å². The van der Waals surface area contributed by atoms with Gasteiger partial charge in [0.1, 0.15) is 0 Å². The summed E-state index contributed by atoms with van der Waals surface area (Å²) in [7, 11) is -4.68. The zero-order valence-corrected chi connectivity index (χ0v) is 14.9. The van der Waals surface area contributed by atoms with Gasteiger partial charge in [-0.3, -0.25) is 0 Å². The summed E-state index contributed by atoms with van der Waals surface area (Å²) in [6, 6.07) is 29.8. The molecule has 3 aromatic rings. The molecule has 115 valence electrons. The predicted molar refractivity (Wildman–Crippen MR) is 101 cm³/mol. The van der Waals surface area contributed by atoms with Crippen molar-refractivity contribution in [2.45, 2.75) is 0 Å². The molecule has 0 fully saturated rings. The first-order chi connectivity index (χ1) is 11.2. The van der Waals surface area contributed by atoms with Crippen LogP contribution in [0.15, 0.2) is 91.0 Å². The maximum absolute atomic E-state index is 11.9. The maximum atomic E-state index is 11.9. The van der Waals surface area contributed by atoms with Gasteiger partial charge in [0, 0.05) is 0 Å². The summed E-state index contributed by atoms with van der Waals surface area (Å²) in [6.45, 7) is 0. The van der Waals surface area contributed by atoms with Gasteiger partial charge >= 0.3 is 8.32 Å².